The highest BCUT2D eigenvalue weighted by Gasteiger charge is 2.53. The number of amides is 2. The first-order valence-corrected chi connectivity index (χ1v) is 9.18. The molecule has 0 aromatic heterocycles. The second-order valence-corrected chi connectivity index (χ2v) is 8.00. The summed E-state index contributed by atoms with van der Waals surface area (Å²) in [7, 11) is 0. The van der Waals surface area contributed by atoms with Crippen LogP contribution in [0.4, 0.5) is 18.9 Å². The average Bonchev–Trinajstić information content (AvgIpc) is 3.08. The number of halogens is 3. The maximum absolute atomic E-state index is 12.7. The molecule has 0 aliphatic carbocycles. The maximum atomic E-state index is 12.7. The number of carbonyl (C=O) groups excluding carboxylic acids is 3. The van der Waals surface area contributed by atoms with Crippen LogP contribution >= 0.6 is 11.8 Å². The van der Waals surface area contributed by atoms with Crippen molar-refractivity contribution >= 4 is 35.2 Å². The highest BCUT2D eigenvalue weighted by atomic mass is 32.2. The first-order chi connectivity index (χ1) is 12.6. The lowest BCUT2D eigenvalue weighted by Gasteiger charge is -2.29. The topological polar surface area (TPSA) is 75.7 Å². The normalized spacial score (nSPS) is 24.7. The van der Waals surface area contributed by atoms with E-state index in [0.717, 1.165) is 12.1 Å². The van der Waals surface area contributed by atoms with E-state index < -0.39 is 41.1 Å². The summed E-state index contributed by atoms with van der Waals surface area (Å²) >= 11 is 1.49. The van der Waals surface area contributed by atoms with E-state index in [1.54, 1.807) is 0 Å². The van der Waals surface area contributed by atoms with Crippen LogP contribution in [0, 0.1) is 0 Å². The van der Waals surface area contributed by atoms with Gasteiger partial charge in [-0.25, -0.2) is 4.79 Å². The molecule has 2 amide bonds. The molecule has 2 saturated heterocycles. The Morgan fingerprint density at radius 1 is 1.41 bits per heavy atom. The second kappa shape index (κ2) is 7.06. The molecule has 1 N–H and O–H groups in total. The Hall–Kier alpha value is -2.23. The zero-order valence-electron chi connectivity index (χ0n) is 14.3. The number of nitrogens with one attached hydrogen (secondary N) is 1. The van der Waals surface area contributed by atoms with Crippen molar-refractivity contribution in [2.75, 3.05) is 17.7 Å². The van der Waals surface area contributed by atoms with Crippen LogP contribution in [0.1, 0.15) is 25.3 Å². The molecule has 0 spiro atoms. The molecule has 10 heteroatoms. The van der Waals surface area contributed by atoms with Crippen LogP contribution < -0.4 is 5.32 Å². The number of hydrogen-bond acceptors (Lipinski definition) is 5. The summed E-state index contributed by atoms with van der Waals surface area (Å²) in [5, 5.41) is 2.26. The molecule has 0 radical (unpaired) electrons. The standard InChI is InChI=1S/C17H17F3N2O4S/c1-16-6-5-14(24)22(16)12(9-27-16)15(25)26-8-13(23)21-11-4-2-3-10(7-11)17(18,19)20/h2-4,7,12H,5-6,8-9H2,1H3,(H,21,23)/t12-,16-/m0/s1. The smallest absolute Gasteiger partial charge is 0.416 e. The van der Waals surface area contributed by atoms with E-state index in [1.165, 1.54) is 28.8 Å². The van der Waals surface area contributed by atoms with Gasteiger partial charge < -0.3 is 15.0 Å². The van der Waals surface area contributed by atoms with Crippen molar-refractivity contribution in [3.05, 3.63) is 29.8 Å². The number of carbonyl (C=O) groups is 3. The van der Waals surface area contributed by atoms with Crippen LogP contribution in [0.2, 0.25) is 0 Å². The molecule has 2 aliphatic heterocycles. The molecule has 2 heterocycles. The van der Waals surface area contributed by atoms with E-state index in [9.17, 15) is 27.6 Å². The molecule has 1 aromatic carbocycles. The predicted molar refractivity (Wildman–Crippen MR) is 91.8 cm³/mol. The van der Waals surface area contributed by atoms with Crippen LogP contribution in [0.25, 0.3) is 0 Å². The van der Waals surface area contributed by atoms with Gasteiger partial charge in [0.1, 0.15) is 6.04 Å². The molecule has 0 bridgehead atoms. The summed E-state index contributed by atoms with van der Waals surface area (Å²) < 4.78 is 43.0. The Morgan fingerprint density at radius 3 is 2.85 bits per heavy atom. The molecule has 3 rings (SSSR count). The summed E-state index contributed by atoms with van der Waals surface area (Å²) in [5.41, 5.74) is -0.948. The monoisotopic (exact) mass is 402 g/mol. The molecular formula is C17H17F3N2O4S. The van der Waals surface area contributed by atoms with Crippen molar-refractivity contribution < 1.29 is 32.3 Å². The molecule has 2 fully saturated rings. The molecule has 2 aliphatic rings. The highest BCUT2D eigenvalue weighted by molar-refractivity contribution is 8.01. The summed E-state index contributed by atoms with van der Waals surface area (Å²) in [6.45, 7) is 1.24. The molecule has 146 valence electrons. The molecule has 2 atom stereocenters. The van der Waals surface area contributed by atoms with Crippen molar-refractivity contribution in [3.8, 4) is 0 Å². The predicted octanol–water partition coefficient (Wildman–Crippen LogP) is 2.64. The number of nitrogens with zero attached hydrogens (tertiary/aromatic N) is 1. The summed E-state index contributed by atoms with van der Waals surface area (Å²) in [6.07, 6.45) is -3.51. The van der Waals surface area contributed by atoms with E-state index in [2.05, 4.69) is 5.32 Å². The van der Waals surface area contributed by atoms with Gasteiger partial charge in [-0.1, -0.05) is 6.07 Å². The third kappa shape index (κ3) is 4.05. The Kier molecular flexibility index (Phi) is 5.11. The summed E-state index contributed by atoms with van der Waals surface area (Å²) in [5.74, 6) is -1.20. The third-order valence-corrected chi connectivity index (χ3v) is 6.04. The lowest BCUT2D eigenvalue weighted by Crippen LogP contribution is -2.47. The molecule has 6 nitrogen and oxygen atoms in total. The van der Waals surface area contributed by atoms with Gasteiger partial charge in [-0.05, 0) is 31.5 Å². The van der Waals surface area contributed by atoms with Crippen molar-refractivity contribution in [2.24, 2.45) is 0 Å². The number of anilines is 1. The van der Waals surface area contributed by atoms with Crippen LogP contribution in [0.3, 0.4) is 0 Å². The first kappa shape index (κ1) is 19.5. The minimum absolute atomic E-state index is 0.0513. The highest BCUT2D eigenvalue weighted by Crippen LogP contribution is 2.47. The SMILES string of the molecule is C[C@]12CCC(=O)N1[C@H](C(=O)OCC(=O)Nc1cccc(C(F)(F)F)c1)CS2. The largest absolute Gasteiger partial charge is 0.454 e. The summed E-state index contributed by atoms with van der Waals surface area (Å²) in [4.78, 5) is 37.2. The number of rotatable bonds is 4. The number of fused-ring (bicyclic) bond motifs is 1. The lowest BCUT2D eigenvalue weighted by atomic mass is 10.2. The maximum Gasteiger partial charge on any atom is 0.416 e. The molecule has 0 unspecified atom stereocenters. The second-order valence-electron chi connectivity index (χ2n) is 6.50. The van der Waals surface area contributed by atoms with Crippen LogP contribution in [-0.4, -0.2) is 46.0 Å². The third-order valence-electron chi connectivity index (χ3n) is 4.54. The Balaban J connectivity index is 1.55. The van der Waals surface area contributed by atoms with Gasteiger partial charge in [0.05, 0.1) is 10.4 Å². The van der Waals surface area contributed by atoms with E-state index in [-0.39, 0.29) is 11.6 Å². The van der Waals surface area contributed by atoms with Crippen LogP contribution in [0.5, 0.6) is 0 Å². The Bertz CT molecular complexity index is 786. The van der Waals surface area contributed by atoms with Gasteiger partial charge in [-0.15, -0.1) is 11.8 Å². The van der Waals surface area contributed by atoms with Gasteiger partial charge in [0, 0.05) is 17.9 Å². The molecular weight excluding hydrogens is 385 g/mol. The number of benzene rings is 1. The van der Waals surface area contributed by atoms with Gasteiger partial charge >= 0.3 is 12.1 Å². The number of hydrogen-bond donors (Lipinski definition) is 1. The molecule has 0 saturated carbocycles. The molecule has 1 aromatic rings. The van der Waals surface area contributed by atoms with Crippen molar-refractivity contribution in [1.29, 1.82) is 0 Å². The average molecular weight is 402 g/mol. The Morgan fingerprint density at radius 2 is 2.15 bits per heavy atom. The van der Waals surface area contributed by atoms with Gasteiger partial charge in [-0.2, -0.15) is 13.2 Å². The minimum Gasteiger partial charge on any atom is -0.454 e. The summed E-state index contributed by atoms with van der Waals surface area (Å²) in [6, 6.07) is 3.40. The minimum atomic E-state index is -4.53. The van der Waals surface area contributed by atoms with Crippen LogP contribution in [0.15, 0.2) is 24.3 Å². The van der Waals surface area contributed by atoms with Crippen molar-refractivity contribution in [1.82, 2.24) is 4.90 Å². The van der Waals surface area contributed by atoms with Gasteiger partial charge in [0.15, 0.2) is 6.61 Å². The zero-order valence-corrected chi connectivity index (χ0v) is 15.2. The zero-order chi connectivity index (χ0) is 19.8. The van der Waals surface area contributed by atoms with E-state index in [1.807, 2.05) is 6.92 Å². The lowest BCUT2D eigenvalue weighted by molar-refractivity contribution is -0.155. The van der Waals surface area contributed by atoms with Gasteiger partial charge in [0.25, 0.3) is 5.91 Å². The fourth-order valence-corrected chi connectivity index (χ4v) is 4.62. The first-order valence-electron chi connectivity index (χ1n) is 8.20. The van der Waals surface area contributed by atoms with Crippen molar-refractivity contribution in [3.63, 3.8) is 0 Å². The number of esters is 1. The fraction of sp³-hybridized carbons (Fsp3) is 0.471. The van der Waals surface area contributed by atoms with Crippen LogP contribution in [-0.2, 0) is 25.3 Å². The van der Waals surface area contributed by atoms with Gasteiger partial charge in [0.2, 0.25) is 5.91 Å². The van der Waals surface area contributed by atoms with E-state index in [4.69, 9.17) is 4.74 Å². The van der Waals surface area contributed by atoms with Crippen molar-refractivity contribution in [2.45, 2.75) is 36.9 Å². The fourth-order valence-electron chi connectivity index (χ4n) is 3.20. The number of thioether (sulfide) groups is 1. The number of ether oxygens (including phenoxy) is 1. The number of alkyl halides is 3. The Labute approximate surface area is 157 Å². The van der Waals surface area contributed by atoms with E-state index in [0.29, 0.717) is 18.6 Å². The quantitative estimate of drug-likeness (QED) is 0.784. The van der Waals surface area contributed by atoms with Gasteiger partial charge in [-0.3, -0.25) is 9.59 Å². The molecule has 27 heavy (non-hydrogen) atoms. The van der Waals surface area contributed by atoms with E-state index >= 15 is 0 Å².